The molecule has 2 bridgehead atoms. The van der Waals surface area contributed by atoms with Gasteiger partial charge in [0.2, 0.25) is 5.89 Å². The van der Waals surface area contributed by atoms with Crippen LogP contribution in [-0.4, -0.2) is 22.7 Å². The molecule has 5 unspecified atom stereocenters. The zero-order valence-electron chi connectivity index (χ0n) is 11.6. The summed E-state index contributed by atoms with van der Waals surface area (Å²) in [4.78, 5) is 4.76. The van der Waals surface area contributed by atoms with E-state index in [9.17, 15) is 0 Å². The van der Waals surface area contributed by atoms with Crippen LogP contribution in [0.4, 0.5) is 0 Å². The van der Waals surface area contributed by atoms with Gasteiger partial charge in [0.05, 0.1) is 0 Å². The van der Waals surface area contributed by atoms with Crippen LogP contribution in [0, 0.1) is 11.8 Å². The van der Waals surface area contributed by atoms with Crippen LogP contribution in [0.3, 0.4) is 0 Å². The number of aromatic nitrogens is 2. The number of hydrogen-bond donors (Lipinski definition) is 1. The van der Waals surface area contributed by atoms with Crippen LogP contribution in [0.2, 0.25) is 0 Å². The minimum Gasteiger partial charge on any atom is -0.339 e. The Morgan fingerprint density at radius 2 is 2.11 bits per heavy atom. The number of nitrogens with one attached hydrogen (secondary N) is 1. The molecule has 4 nitrogen and oxygen atoms in total. The lowest BCUT2D eigenvalue weighted by Crippen LogP contribution is -2.35. The zero-order valence-corrected chi connectivity index (χ0v) is 11.6. The highest BCUT2D eigenvalue weighted by Crippen LogP contribution is 2.52. The molecule has 0 aromatic carbocycles. The topological polar surface area (TPSA) is 51.0 Å². The minimum atomic E-state index is 0.469. The smallest absolute Gasteiger partial charge is 0.229 e. The summed E-state index contributed by atoms with van der Waals surface area (Å²) in [5, 5.41) is 7.79. The summed E-state index contributed by atoms with van der Waals surface area (Å²) in [5.41, 5.74) is 0. The van der Waals surface area contributed by atoms with Crippen LogP contribution in [-0.2, 0) is 0 Å². The van der Waals surface area contributed by atoms with Crippen molar-refractivity contribution < 1.29 is 4.52 Å². The molecule has 2 heterocycles. The van der Waals surface area contributed by atoms with Gasteiger partial charge >= 0.3 is 0 Å². The summed E-state index contributed by atoms with van der Waals surface area (Å²) in [5.74, 6) is 4.74. The Hall–Kier alpha value is -0.900. The normalized spacial score (nSPS) is 41.8. The van der Waals surface area contributed by atoms with Gasteiger partial charge in [-0.3, -0.25) is 0 Å². The third-order valence-corrected chi connectivity index (χ3v) is 5.50. The summed E-state index contributed by atoms with van der Waals surface area (Å²) in [6, 6.07) is 0.566. The molecule has 5 atom stereocenters. The fourth-order valence-electron chi connectivity index (χ4n) is 4.48. The average Bonchev–Trinajstić information content (AvgIpc) is 3.14. The molecule has 1 aromatic heterocycles. The van der Waals surface area contributed by atoms with Gasteiger partial charge in [-0.15, -0.1) is 0 Å². The molecule has 0 radical (unpaired) electrons. The lowest BCUT2D eigenvalue weighted by Gasteiger charge is -2.25. The molecule has 1 saturated heterocycles. The predicted molar refractivity (Wildman–Crippen MR) is 71.9 cm³/mol. The van der Waals surface area contributed by atoms with Crippen molar-refractivity contribution in [3.8, 4) is 0 Å². The van der Waals surface area contributed by atoms with Gasteiger partial charge < -0.3 is 9.84 Å². The van der Waals surface area contributed by atoms with E-state index in [1.54, 1.807) is 0 Å². The van der Waals surface area contributed by atoms with Gasteiger partial charge in [-0.2, -0.15) is 4.98 Å². The van der Waals surface area contributed by atoms with Crippen molar-refractivity contribution in [2.24, 2.45) is 11.8 Å². The quantitative estimate of drug-likeness (QED) is 0.889. The van der Waals surface area contributed by atoms with Crippen molar-refractivity contribution in [1.82, 2.24) is 15.5 Å². The van der Waals surface area contributed by atoms with Crippen molar-refractivity contribution in [2.45, 2.75) is 63.3 Å². The van der Waals surface area contributed by atoms with E-state index in [0.29, 0.717) is 17.9 Å². The summed E-state index contributed by atoms with van der Waals surface area (Å²) >= 11 is 0. The van der Waals surface area contributed by atoms with Gasteiger partial charge in [0.25, 0.3) is 0 Å². The van der Waals surface area contributed by atoms with E-state index in [-0.39, 0.29) is 0 Å². The van der Waals surface area contributed by atoms with E-state index in [2.05, 4.69) is 17.4 Å². The van der Waals surface area contributed by atoms with Gasteiger partial charge in [0, 0.05) is 17.9 Å². The van der Waals surface area contributed by atoms with Gasteiger partial charge in [0.1, 0.15) is 0 Å². The first kappa shape index (κ1) is 11.9. The maximum atomic E-state index is 5.58. The van der Waals surface area contributed by atoms with E-state index >= 15 is 0 Å². The maximum Gasteiger partial charge on any atom is 0.229 e. The highest BCUT2D eigenvalue weighted by Gasteiger charge is 2.42. The Morgan fingerprint density at radius 1 is 1.16 bits per heavy atom. The van der Waals surface area contributed by atoms with E-state index in [0.717, 1.165) is 42.9 Å². The van der Waals surface area contributed by atoms with Gasteiger partial charge in [-0.1, -0.05) is 11.6 Å². The molecule has 0 spiro atoms. The van der Waals surface area contributed by atoms with Gasteiger partial charge in [0.15, 0.2) is 5.82 Å². The Kier molecular flexibility index (Phi) is 2.87. The van der Waals surface area contributed by atoms with Gasteiger partial charge in [-0.05, 0) is 57.4 Å². The third-order valence-electron chi connectivity index (χ3n) is 5.50. The molecule has 3 fully saturated rings. The molecule has 1 aromatic rings. The zero-order chi connectivity index (χ0) is 12.8. The van der Waals surface area contributed by atoms with Gasteiger partial charge in [-0.25, -0.2) is 0 Å². The van der Waals surface area contributed by atoms with E-state index in [1.165, 1.54) is 25.7 Å². The fraction of sp³-hybridized carbons (Fsp3) is 0.867. The number of piperidine rings is 1. The van der Waals surface area contributed by atoms with E-state index in [4.69, 9.17) is 9.51 Å². The second-order valence-corrected chi connectivity index (χ2v) is 6.85. The molecular weight excluding hydrogens is 238 g/mol. The number of hydrogen-bond acceptors (Lipinski definition) is 4. The third kappa shape index (κ3) is 2.10. The van der Waals surface area contributed by atoms with E-state index < -0.39 is 0 Å². The highest BCUT2D eigenvalue weighted by atomic mass is 16.5. The van der Waals surface area contributed by atoms with E-state index in [1.807, 2.05) is 0 Å². The molecular formula is C15H23N3O. The van der Waals surface area contributed by atoms with Crippen LogP contribution >= 0.6 is 0 Å². The first-order valence-electron chi connectivity index (χ1n) is 7.86. The van der Waals surface area contributed by atoms with Crippen LogP contribution < -0.4 is 5.32 Å². The minimum absolute atomic E-state index is 0.469. The molecule has 104 valence electrons. The number of nitrogens with zero attached hydrogens (tertiary/aromatic N) is 2. The summed E-state index contributed by atoms with van der Waals surface area (Å²) < 4.78 is 5.58. The maximum absolute atomic E-state index is 5.58. The van der Waals surface area contributed by atoms with Crippen LogP contribution in [0.1, 0.15) is 69.0 Å². The molecule has 2 saturated carbocycles. The first-order valence-corrected chi connectivity index (χ1v) is 7.86. The van der Waals surface area contributed by atoms with Crippen molar-refractivity contribution in [2.75, 3.05) is 6.54 Å². The Bertz CT molecular complexity index is 458. The fourth-order valence-corrected chi connectivity index (χ4v) is 4.48. The molecule has 1 N–H and O–H groups in total. The Labute approximate surface area is 114 Å². The largest absolute Gasteiger partial charge is 0.339 e. The molecule has 3 aliphatic rings. The second kappa shape index (κ2) is 4.58. The molecule has 2 aliphatic carbocycles. The lowest BCUT2D eigenvalue weighted by molar-refractivity contribution is 0.291. The summed E-state index contributed by atoms with van der Waals surface area (Å²) in [6.45, 7) is 3.30. The van der Waals surface area contributed by atoms with Crippen molar-refractivity contribution in [3.05, 3.63) is 11.7 Å². The summed E-state index contributed by atoms with van der Waals surface area (Å²) in [7, 11) is 0. The van der Waals surface area contributed by atoms with Crippen molar-refractivity contribution in [1.29, 1.82) is 0 Å². The molecule has 0 amide bonds. The standard InChI is InChI=1S/C15H23N3O/c1-9-6-12(4-5-16-9)15-17-14(18-19-15)13-8-10-2-3-11(13)7-10/h9-13,16H,2-8H2,1H3. The summed E-state index contributed by atoms with van der Waals surface area (Å²) in [6.07, 6.45) is 7.76. The van der Waals surface area contributed by atoms with Crippen LogP contribution in [0.5, 0.6) is 0 Å². The molecule has 4 rings (SSSR count). The monoisotopic (exact) mass is 261 g/mol. The number of fused-ring (bicyclic) bond motifs is 2. The highest BCUT2D eigenvalue weighted by molar-refractivity contribution is 5.08. The number of rotatable bonds is 2. The van der Waals surface area contributed by atoms with Crippen molar-refractivity contribution >= 4 is 0 Å². The predicted octanol–water partition coefficient (Wildman–Crippen LogP) is 2.83. The van der Waals surface area contributed by atoms with Crippen LogP contribution in [0.25, 0.3) is 0 Å². The average molecular weight is 261 g/mol. The SMILES string of the molecule is CC1CC(c2nc(C3CC4CCC3C4)no2)CCN1. The molecule has 19 heavy (non-hydrogen) atoms. The lowest BCUT2D eigenvalue weighted by atomic mass is 9.88. The molecule has 4 heteroatoms. The Balaban J connectivity index is 1.50. The van der Waals surface area contributed by atoms with Crippen molar-refractivity contribution in [3.63, 3.8) is 0 Å². The molecule has 1 aliphatic heterocycles. The van der Waals surface area contributed by atoms with Crippen LogP contribution in [0.15, 0.2) is 4.52 Å². The first-order chi connectivity index (χ1) is 9.29. The Morgan fingerprint density at radius 3 is 2.84 bits per heavy atom. The second-order valence-electron chi connectivity index (χ2n) is 6.85.